The van der Waals surface area contributed by atoms with Crippen molar-refractivity contribution < 1.29 is 19.2 Å². The molecule has 1 aliphatic rings. The van der Waals surface area contributed by atoms with Crippen molar-refractivity contribution in [3.63, 3.8) is 0 Å². The van der Waals surface area contributed by atoms with E-state index in [1.807, 2.05) is 5.38 Å². The minimum absolute atomic E-state index is 0.0290. The van der Waals surface area contributed by atoms with Gasteiger partial charge in [-0.2, -0.15) is 0 Å². The summed E-state index contributed by atoms with van der Waals surface area (Å²) in [5.74, 6) is 0.427. The van der Waals surface area contributed by atoms with Gasteiger partial charge < -0.3 is 14.8 Å². The number of benzene rings is 1. The standard InChI is InChI=1S/C19H23N3O5S/c1-26-17-7-15(19(23)20-9-13-5-3-2-4-6-13)16(22(24)25)8-18(17)27-10-14-11-28-12-21-14/h7-8,11-13H,2-6,9-10H2,1H3,(H,20,23). The Morgan fingerprint density at radius 1 is 1.32 bits per heavy atom. The van der Waals surface area contributed by atoms with Crippen LogP contribution < -0.4 is 14.8 Å². The van der Waals surface area contributed by atoms with E-state index in [2.05, 4.69) is 10.3 Å². The monoisotopic (exact) mass is 405 g/mol. The smallest absolute Gasteiger partial charge is 0.286 e. The molecule has 0 aliphatic heterocycles. The van der Waals surface area contributed by atoms with Crippen molar-refractivity contribution in [2.75, 3.05) is 13.7 Å². The Hall–Kier alpha value is -2.68. The minimum atomic E-state index is -0.579. The van der Waals surface area contributed by atoms with E-state index >= 15 is 0 Å². The Bertz CT molecular complexity index is 819. The summed E-state index contributed by atoms with van der Waals surface area (Å²) in [6, 6.07) is 2.60. The third-order valence-electron chi connectivity index (χ3n) is 4.86. The van der Waals surface area contributed by atoms with E-state index in [0.717, 1.165) is 12.8 Å². The number of nitrogens with one attached hydrogen (secondary N) is 1. The fourth-order valence-electron chi connectivity index (χ4n) is 3.34. The number of hydrogen-bond donors (Lipinski definition) is 1. The normalized spacial score (nSPS) is 14.5. The van der Waals surface area contributed by atoms with Gasteiger partial charge in [-0.15, -0.1) is 11.3 Å². The predicted octanol–water partition coefficient (Wildman–Crippen LogP) is 3.95. The molecule has 0 radical (unpaired) electrons. The van der Waals surface area contributed by atoms with Gasteiger partial charge in [0, 0.05) is 18.0 Å². The highest BCUT2D eigenvalue weighted by atomic mass is 32.1. The maximum Gasteiger partial charge on any atom is 0.286 e. The number of aromatic nitrogens is 1. The quantitative estimate of drug-likeness (QED) is 0.527. The van der Waals surface area contributed by atoms with E-state index in [-0.39, 0.29) is 29.4 Å². The van der Waals surface area contributed by atoms with Gasteiger partial charge in [-0.1, -0.05) is 19.3 Å². The lowest BCUT2D eigenvalue weighted by Crippen LogP contribution is -2.30. The second kappa shape index (κ2) is 9.50. The first-order chi connectivity index (χ1) is 13.6. The van der Waals surface area contributed by atoms with Crippen LogP contribution in [0.5, 0.6) is 11.5 Å². The summed E-state index contributed by atoms with van der Waals surface area (Å²) in [6.07, 6.45) is 5.72. The summed E-state index contributed by atoms with van der Waals surface area (Å²) in [5, 5.41) is 16.2. The molecule has 0 saturated heterocycles. The maximum atomic E-state index is 12.6. The van der Waals surface area contributed by atoms with Crippen LogP contribution in [-0.2, 0) is 6.61 Å². The molecule has 8 nitrogen and oxygen atoms in total. The zero-order valence-electron chi connectivity index (χ0n) is 15.7. The molecule has 150 valence electrons. The van der Waals surface area contributed by atoms with Crippen molar-refractivity contribution in [1.82, 2.24) is 10.3 Å². The number of nitro groups is 1. The number of methoxy groups -OCH3 is 1. The fourth-order valence-corrected chi connectivity index (χ4v) is 3.88. The molecule has 1 N–H and O–H groups in total. The topological polar surface area (TPSA) is 104 Å². The van der Waals surface area contributed by atoms with Crippen molar-refractivity contribution in [1.29, 1.82) is 0 Å². The van der Waals surface area contributed by atoms with Crippen LogP contribution in [0.1, 0.15) is 48.2 Å². The van der Waals surface area contributed by atoms with Gasteiger partial charge in [0.25, 0.3) is 11.6 Å². The number of thiazole rings is 1. The van der Waals surface area contributed by atoms with Crippen molar-refractivity contribution >= 4 is 22.9 Å². The average molecular weight is 405 g/mol. The van der Waals surface area contributed by atoms with E-state index in [4.69, 9.17) is 9.47 Å². The number of ether oxygens (including phenoxy) is 2. The lowest BCUT2D eigenvalue weighted by Gasteiger charge is -2.21. The van der Waals surface area contributed by atoms with Crippen molar-refractivity contribution in [3.05, 3.63) is 44.4 Å². The number of nitrogens with zero attached hydrogens (tertiary/aromatic N) is 2. The van der Waals surface area contributed by atoms with E-state index < -0.39 is 10.8 Å². The van der Waals surface area contributed by atoms with Crippen LogP contribution >= 0.6 is 11.3 Å². The van der Waals surface area contributed by atoms with Crippen LogP contribution in [0, 0.1) is 16.0 Å². The first-order valence-electron chi connectivity index (χ1n) is 9.23. The molecule has 1 heterocycles. The Kier molecular flexibility index (Phi) is 6.80. The molecule has 2 aromatic rings. The number of nitro benzene ring substituents is 1. The van der Waals surface area contributed by atoms with Crippen molar-refractivity contribution in [2.24, 2.45) is 5.92 Å². The first kappa shape index (κ1) is 20.1. The zero-order valence-corrected chi connectivity index (χ0v) is 16.5. The third kappa shape index (κ3) is 4.98. The van der Waals surface area contributed by atoms with Gasteiger partial charge >= 0.3 is 0 Å². The van der Waals surface area contributed by atoms with Gasteiger partial charge in [0.1, 0.15) is 12.2 Å². The molecule has 28 heavy (non-hydrogen) atoms. The summed E-state index contributed by atoms with van der Waals surface area (Å²) in [4.78, 5) is 27.7. The van der Waals surface area contributed by atoms with Crippen LogP contribution in [-0.4, -0.2) is 29.5 Å². The zero-order chi connectivity index (χ0) is 19.9. The minimum Gasteiger partial charge on any atom is -0.493 e. The van der Waals surface area contributed by atoms with E-state index in [1.54, 1.807) is 5.51 Å². The first-order valence-corrected chi connectivity index (χ1v) is 10.2. The summed E-state index contributed by atoms with van der Waals surface area (Å²) in [6.45, 7) is 0.685. The Morgan fingerprint density at radius 3 is 2.75 bits per heavy atom. The third-order valence-corrected chi connectivity index (χ3v) is 5.49. The summed E-state index contributed by atoms with van der Waals surface area (Å²) >= 11 is 1.43. The molecule has 0 atom stereocenters. The number of hydrogen-bond acceptors (Lipinski definition) is 7. The van der Waals surface area contributed by atoms with Crippen molar-refractivity contribution in [3.8, 4) is 11.5 Å². The molecular weight excluding hydrogens is 382 g/mol. The molecule has 1 aromatic heterocycles. The second-order valence-corrected chi connectivity index (χ2v) is 7.48. The fraction of sp³-hybridized carbons (Fsp3) is 0.474. The highest BCUT2D eigenvalue weighted by Crippen LogP contribution is 2.35. The van der Waals surface area contributed by atoms with Gasteiger partial charge in [-0.05, 0) is 18.8 Å². The average Bonchev–Trinajstić information content (AvgIpc) is 3.24. The Labute approximate surface area is 167 Å². The van der Waals surface area contributed by atoms with Gasteiger partial charge in [0.15, 0.2) is 11.5 Å². The van der Waals surface area contributed by atoms with Gasteiger partial charge in [-0.3, -0.25) is 14.9 Å². The van der Waals surface area contributed by atoms with Crippen LogP contribution in [0.15, 0.2) is 23.0 Å². The molecule has 1 saturated carbocycles. The second-order valence-electron chi connectivity index (χ2n) is 6.76. The molecule has 1 fully saturated rings. The van der Waals surface area contributed by atoms with Gasteiger partial charge in [0.2, 0.25) is 0 Å². The van der Waals surface area contributed by atoms with E-state index in [1.165, 1.54) is 49.8 Å². The molecule has 0 unspecified atom stereocenters. The lowest BCUT2D eigenvalue weighted by molar-refractivity contribution is -0.385. The number of carbonyl (C=O) groups excluding carboxylic acids is 1. The van der Waals surface area contributed by atoms with Crippen LogP contribution in [0.3, 0.4) is 0 Å². The SMILES string of the molecule is COc1cc(C(=O)NCC2CCCCC2)c([N+](=O)[O-])cc1OCc1cscn1. The molecule has 0 spiro atoms. The summed E-state index contributed by atoms with van der Waals surface area (Å²) < 4.78 is 10.9. The largest absolute Gasteiger partial charge is 0.493 e. The molecule has 0 bridgehead atoms. The summed E-state index contributed by atoms with van der Waals surface area (Å²) in [7, 11) is 1.43. The van der Waals surface area contributed by atoms with Gasteiger partial charge in [0.05, 0.1) is 29.3 Å². The number of rotatable bonds is 8. The van der Waals surface area contributed by atoms with E-state index in [0.29, 0.717) is 18.2 Å². The molecule has 9 heteroatoms. The Balaban J connectivity index is 1.77. The summed E-state index contributed by atoms with van der Waals surface area (Å²) in [5.41, 5.74) is 2.05. The Morgan fingerprint density at radius 2 is 2.11 bits per heavy atom. The van der Waals surface area contributed by atoms with Crippen LogP contribution in [0.25, 0.3) is 0 Å². The molecular formula is C19H23N3O5S. The van der Waals surface area contributed by atoms with E-state index in [9.17, 15) is 14.9 Å². The number of amides is 1. The van der Waals surface area contributed by atoms with Crippen molar-refractivity contribution in [2.45, 2.75) is 38.7 Å². The number of carbonyl (C=O) groups is 1. The highest BCUT2D eigenvalue weighted by Gasteiger charge is 2.25. The van der Waals surface area contributed by atoms with Crippen LogP contribution in [0.2, 0.25) is 0 Å². The molecule has 3 rings (SSSR count). The highest BCUT2D eigenvalue weighted by molar-refractivity contribution is 7.07. The molecule has 1 aliphatic carbocycles. The lowest BCUT2D eigenvalue weighted by atomic mass is 9.89. The predicted molar refractivity (Wildman–Crippen MR) is 105 cm³/mol. The maximum absolute atomic E-state index is 12.6. The molecule has 1 aromatic carbocycles. The van der Waals surface area contributed by atoms with Crippen LogP contribution in [0.4, 0.5) is 5.69 Å². The van der Waals surface area contributed by atoms with Gasteiger partial charge in [-0.25, -0.2) is 4.98 Å². The molecule has 1 amide bonds.